The zero-order valence-corrected chi connectivity index (χ0v) is 8.18. The maximum atomic E-state index is 5.64. The average Bonchev–Trinajstić information content (AvgIpc) is 2.06. The summed E-state index contributed by atoms with van der Waals surface area (Å²) in [5.41, 5.74) is 5.52. The second kappa shape index (κ2) is 4.73. The first-order valence-electron chi connectivity index (χ1n) is 4.39. The molecule has 2 heteroatoms. The predicted molar refractivity (Wildman–Crippen MR) is 48.5 cm³/mol. The van der Waals surface area contributed by atoms with E-state index in [0.717, 1.165) is 12.8 Å². The minimum atomic E-state index is -0.122. The molecule has 0 radical (unpaired) electrons. The average molecular weight is 159 g/mol. The molecule has 1 atom stereocenters. The fraction of sp³-hybridized carbons (Fsp3) is 1.00. The van der Waals surface area contributed by atoms with Crippen molar-refractivity contribution in [1.29, 1.82) is 0 Å². The van der Waals surface area contributed by atoms with E-state index in [1.54, 1.807) is 7.11 Å². The van der Waals surface area contributed by atoms with Crippen LogP contribution >= 0.6 is 0 Å². The number of rotatable bonds is 5. The molecule has 11 heavy (non-hydrogen) atoms. The van der Waals surface area contributed by atoms with E-state index in [0.29, 0.717) is 12.5 Å². The number of hydrogen-bond donors (Lipinski definition) is 1. The molecule has 0 bridgehead atoms. The molecule has 0 saturated carbocycles. The van der Waals surface area contributed by atoms with Gasteiger partial charge in [-0.1, -0.05) is 26.7 Å². The zero-order chi connectivity index (χ0) is 8.91. The van der Waals surface area contributed by atoms with E-state index in [1.807, 2.05) is 0 Å². The van der Waals surface area contributed by atoms with Crippen molar-refractivity contribution in [1.82, 2.24) is 0 Å². The highest BCUT2D eigenvalue weighted by Gasteiger charge is 2.29. The molecule has 0 aliphatic heterocycles. The van der Waals surface area contributed by atoms with Crippen LogP contribution in [0.25, 0.3) is 0 Å². The number of nitrogens with two attached hydrogens (primary N) is 1. The Bertz CT molecular complexity index is 95.7. The van der Waals surface area contributed by atoms with Crippen molar-refractivity contribution in [2.75, 3.05) is 13.7 Å². The van der Waals surface area contributed by atoms with Gasteiger partial charge < -0.3 is 10.5 Å². The topological polar surface area (TPSA) is 35.2 Å². The smallest absolute Gasteiger partial charge is 0.0800 e. The van der Waals surface area contributed by atoms with Gasteiger partial charge in [0.05, 0.1) is 5.60 Å². The molecule has 0 aromatic heterocycles. The van der Waals surface area contributed by atoms with Crippen LogP contribution in [-0.2, 0) is 4.74 Å². The lowest BCUT2D eigenvalue weighted by atomic mass is 9.85. The molecule has 0 heterocycles. The number of methoxy groups -OCH3 is 1. The summed E-state index contributed by atoms with van der Waals surface area (Å²) >= 11 is 0. The van der Waals surface area contributed by atoms with E-state index < -0.39 is 0 Å². The van der Waals surface area contributed by atoms with E-state index in [1.165, 1.54) is 0 Å². The predicted octanol–water partition coefficient (Wildman–Crippen LogP) is 1.79. The van der Waals surface area contributed by atoms with Crippen molar-refractivity contribution in [2.45, 2.75) is 39.2 Å². The molecule has 0 rings (SSSR count). The van der Waals surface area contributed by atoms with E-state index in [-0.39, 0.29) is 5.60 Å². The molecule has 0 fully saturated rings. The highest BCUT2D eigenvalue weighted by Crippen LogP contribution is 2.25. The van der Waals surface area contributed by atoms with Crippen LogP contribution in [0.3, 0.4) is 0 Å². The van der Waals surface area contributed by atoms with Gasteiger partial charge in [-0.2, -0.15) is 0 Å². The lowest BCUT2D eigenvalue weighted by molar-refractivity contribution is -0.0384. The largest absolute Gasteiger partial charge is 0.377 e. The Kier molecular flexibility index (Phi) is 4.69. The minimum Gasteiger partial charge on any atom is -0.377 e. The van der Waals surface area contributed by atoms with Crippen LogP contribution in [0.4, 0.5) is 0 Å². The van der Waals surface area contributed by atoms with Gasteiger partial charge in [-0.25, -0.2) is 0 Å². The van der Waals surface area contributed by atoms with Crippen molar-refractivity contribution >= 4 is 0 Å². The van der Waals surface area contributed by atoms with Gasteiger partial charge in [0.15, 0.2) is 0 Å². The summed E-state index contributed by atoms with van der Waals surface area (Å²) in [7, 11) is 1.74. The van der Waals surface area contributed by atoms with E-state index >= 15 is 0 Å². The fourth-order valence-corrected chi connectivity index (χ4v) is 1.57. The first kappa shape index (κ1) is 10.9. The van der Waals surface area contributed by atoms with E-state index in [2.05, 4.69) is 20.8 Å². The summed E-state index contributed by atoms with van der Waals surface area (Å²) in [5, 5.41) is 0. The molecule has 68 valence electrons. The van der Waals surface area contributed by atoms with Gasteiger partial charge in [0.25, 0.3) is 0 Å². The van der Waals surface area contributed by atoms with Gasteiger partial charge in [0.2, 0.25) is 0 Å². The molecule has 0 amide bonds. The third kappa shape index (κ3) is 2.46. The molecule has 0 aliphatic rings. The Morgan fingerprint density at radius 3 is 1.91 bits per heavy atom. The molecule has 1 unspecified atom stereocenters. The second-order valence-corrected chi connectivity index (χ2v) is 3.23. The highest BCUT2D eigenvalue weighted by atomic mass is 16.5. The van der Waals surface area contributed by atoms with Crippen molar-refractivity contribution in [2.24, 2.45) is 11.7 Å². The Labute approximate surface area is 70.1 Å². The number of ether oxygens (including phenoxy) is 1. The quantitative estimate of drug-likeness (QED) is 0.663. The summed E-state index contributed by atoms with van der Waals surface area (Å²) in [6, 6.07) is 0. The first-order chi connectivity index (χ1) is 5.14. The van der Waals surface area contributed by atoms with E-state index in [9.17, 15) is 0 Å². The Balaban J connectivity index is 4.19. The SMILES string of the molecule is CCC(CC)C(C)(CN)OC. The third-order valence-corrected chi connectivity index (χ3v) is 2.72. The first-order valence-corrected chi connectivity index (χ1v) is 4.39. The fourth-order valence-electron chi connectivity index (χ4n) is 1.57. The summed E-state index contributed by atoms with van der Waals surface area (Å²) in [4.78, 5) is 0. The molecule has 0 aliphatic carbocycles. The zero-order valence-electron chi connectivity index (χ0n) is 8.18. The maximum absolute atomic E-state index is 5.64. The van der Waals surface area contributed by atoms with Crippen LogP contribution in [0.5, 0.6) is 0 Å². The molecular weight excluding hydrogens is 138 g/mol. The minimum absolute atomic E-state index is 0.122. The van der Waals surface area contributed by atoms with Crippen LogP contribution in [0.15, 0.2) is 0 Å². The van der Waals surface area contributed by atoms with Crippen LogP contribution in [-0.4, -0.2) is 19.3 Å². The Morgan fingerprint density at radius 2 is 1.82 bits per heavy atom. The van der Waals surface area contributed by atoms with Crippen LogP contribution in [0.1, 0.15) is 33.6 Å². The Hall–Kier alpha value is -0.0800. The van der Waals surface area contributed by atoms with Crippen molar-refractivity contribution in [3.8, 4) is 0 Å². The van der Waals surface area contributed by atoms with Gasteiger partial charge in [-0.05, 0) is 12.8 Å². The van der Waals surface area contributed by atoms with Gasteiger partial charge in [-0.3, -0.25) is 0 Å². The van der Waals surface area contributed by atoms with Crippen molar-refractivity contribution in [3.05, 3.63) is 0 Å². The van der Waals surface area contributed by atoms with Crippen molar-refractivity contribution in [3.63, 3.8) is 0 Å². The third-order valence-electron chi connectivity index (χ3n) is 2.72. The highest BCUT2D eigenvalue weighted by molar-refractivity contribution is 4.83. The second-order valence-electron chi connectivity index (χ2n) is 3.23. The molecule has 0 aromatic rings. The van der Waals surface area contributed by atoms with E-state index in [4.69, 9.17) is 10.5 Å². The standard InChI is InChI=1S/C9H21NO/c1-5-8(6-2)9(3,7-10)11-4/h8H,5-7,10H2,1-4H3. The summed E-state index contributed by atoms with van der Waals surface area (Å²) in [6.45, 7) is 7.06. The molecular formula is C9H21NO. The normalized spacial score (nSPS) is 16.9. The van der Waals surface area contributed by atoms with Crippen LogP contribution < -0.4 is 5.73 Å². The van der Waals surface area contributed by atoms with Gasteiger partial charge in [0.1, 0.15) is 0 Å². The maximum Gasteiger partial charge on any atom is 0.0800 e. The molecule has 0 spiro atoms. The molecule has 0 saturated heterocycles. The lowest BCUT2D eigenvalue weighted by Crippen LogP contribution is -2.43. The monoisotopic (exact) mass is 159 g/mol. The Morgan fingerprint density at radius 1 is 1.36 bits per heavy atom. The molecule has 0 aromatic carbocycles. The molecule has 2 N–H and O–H groups in total. The van der Waals surface area contributed by atoms with Gasteiger partial charge >= 0.3 is 0 Å². The number of hydrogen-bond acceptors (Lipinski definition) is 2. The van der Waals surface area contributed by atoms with Crippen LogP contribution in [0, 0.1) is 5.92 Å². The van der Waals surface area contributed by atoms with Gasteiger partial charge in [-0.15, -0.1) is 0 Å². The summed E-state index contributed by atoms with van der Waals surface area (Å²) < 4.78 is 5.41. The lowest BCUT2D eigenvalue weighted by Gasteiger charge is -2.34. The summed E-state index contributed by atoms with van der Waals surface area (Å²) in [6.07, 6.45) is 2.27. The van der Waals surface area contributed by atoms with Crippen LogP contribution in [0.2, 0.25) is 0 Å². The van der Waals surface area contributed by atoms with Crippen molar-refractivity contribution < 1.29 is 4.74 Å². The molecule has 2 nitrogen and oxygen atoms in total. The van der Waals surface area contributed by atoms with Gasteiger partial charge in [0, 0.05) is 13.7 Å². The summed E-state index contributed by atoms with van der Waals surface area (Å²) in [5.74, 6) is 0.581.